The molecule has 28 heavy (non-hydrogen) atoms. The number of nitrogens with zero attached hydrogens (tertiary/aromatic N) is 3. The van der Waals surface area contributed by atoms with Crippen LogP contribution in [0.1, 0.15) is 5.56 Å². The van der Waals surface area contributed by atoms with E-state index in [9.17, 15) is 0 Å². The molecule has 0 saturated heterocycles. The van der Waals surface area contributed by atoms with Crippen LogP contribution in [0.3, 0.4) is 0 Å². The summed E-state index contributed by atoms with van der Waals surface area (Å²) in [5.74, 6) is 1.40. The zero-order valence-corrected chi connectivity index (χ0v) is 17.8. The lowest BCUT2D eigenvalue weighted by atomic mass is 10.1. The number of aliphatic imine (C=N–C) groups is 1. The van der Waals surface area contributed by atoms with E-state index in [1.165, 1.54) is 0 Å². The highest BCUT2D eigenvalue weighted by Crippen LogP contribution is 2.36. The average Bonchev–Trinajstić information content (AvgIpc) is 3.04. The number of halogens is 3. The fourth-order valence-corrected chi connectivity index (χ4v) is 3.78. The van der Waals surface area contributed by atoms with Crippen LogP contribution >= 0.6 is 39.1 Å². The molecule has 140 valence electrons. The lowest BCUT2D eigenvalue weighted by Gasteiger charge is -2.06. The Hall–Kier alpha value is -2.34. The summed E-state index contributed by atoms with van der Waals surface area (Å²) < 4.78 is 8.29. The van der Waals surface area contributed by atoms with Crippen LogP contribution in [0, 0.1) is 0 Å². The van der Waals surface area contributed by atoms with Crippen LogP contribution < -0.4 is 4.74 Å². The summed E-state index contributed by atoms with van der Waals surface area (Å²) in [5, 5.41) is 1.09. The first-order chi connectivity index (χ1) is 13.6. The van der Waals surface area contributed by atoms with E-state index in [-0.39, 0.29) is 0 Å². The minimum Gasteiger partial charge on any atom is -0.496 e. The Balaban J connectivity index is 1.90. The van der Waals surface area contributed by atoms with E-state index < -0.39 is 0 Å². The van der Waals surface area contributed by atoms with Gasteiger partial charge in [-0.1, -0.05) is 45.2 Å². The second-order valence-electron chi connectivity index (χ2n) is 5.98. The quantitative estimate of drug-likeness (QED) is 0.304. The maximum Gasteiger partial charge on any atom is 0.165 e. The molecule has 0 radical (unpaired) electrons. The van der Waals surface area contributed by atoms with Gasteiger partial charge in [0.25, 0.3) is 0 Å². The maximum absolute atomic E-state index is 6.44. The van der Waals surface area contributed by atoms with Crippen LogP contribution in [-0.2, 0) is 0 Å². The topological polar surface area (TPSA) is 38.9 Å². The van der Waals surface area contributed by atoms with Gasteiger partial charge in [-0.2, -0.15) is 0 Å². The van der Waals surface area contributed by atoms with Gasteiger partial charge < -0.3 is 4.74 Å². The van der Waals surface area contributed by atoms with Crippen molar-refractivity contribution in [1.82, 2.24) is 9.38 Å². The summed E-state index contributed by atoms with van der Waals surface area (Å²) >= 11 is 16.0. The molecule has 0 aliphatic heterocycles. The number of fused-ring (bicyclic) bond motifs is 1. The van der Waals surface area contributed by atoms with Crippen LogP contribution in [0.2, 0.25) is 10.0 Å². The number of rotatable bonds is 4. The molecule has 0 aliphatic carbocycles. The zero-order chi connectivity index (χ0) is 19.7. The van der Waals surface area contributed by atoms with Gasteiger partial charge in [0.2, 0.25) is 0 Å². The fraction of sp³-hybridized carbons (Fsp3) is 0.0476. The number of imidazole rings is 1. The van der Waals surface area contributed by atoms with Crippen molar-refractivity contribution in [2.24, 2.45) is 4.99 Å². The zero-order valence-electron chi connectivity index (χ0n) is 14.7. The highest BCUT2D eigenvalue weighted by atomic mass is 79.9. The van der Waals surface area contributed by atoms with Crippen molar-refractivity contribution in [3.8, 4) is 17.0 Å². The lowest BCUT2D eigenvalue weighted by molar-refractivity contribution is 0.414. The minimum atomic E-state index is 0.521. The summed E-state index contributed by atoms with van der Waals surface area (Å²) in [6.07, 6.45) is 3.67. The summed E-state index contributed by atoms with van der Waals surface area (Å²) in [7, 11) is 1.63. The lowest BCUT2D eigenvalue weighted by Crippen LogP contribution is -1.91. The molecule has 0 spiro atoms. The third-order valence-electron chi connectivity index (χ3n) is 4.21. The molecule has 4 nitrogen and oxygen atoms in total. The van der Waals surface area contributed by atoms with E-state index in [2.05, 4.69) is 15.9 Å². The number of methoxy groups -OCH3 is 1. The van der Waals surface area contributed by atoms with Gasteiger partial charge in [0.15, 0.2) is 5.82 Å². The Morgan fingerprint density at radius 2 is 1.96 bits per heavy atom. The molecular formula is C21H14BrCl2N3O. The molecule has 2 heterocycles. The minimum absolute atomic E-state index is 0.521. The Bertz CT molecular complexity index is 1200. The van der Waals surface area contributed by atoms with Gasteiger partial charge in [0.05, 0.1) is 12.1 Å². The van der Waals surface area contributed by atoms with Crippen LogP contribution in [-0.4, -0.2) is 22.7 Å². The molecule has 2 aromatic heterocycles. The highest BCUT2D eigenvalue weighted by Gasteiger charge is 2.16. The predicted molar refractivity (Wildman–Crippen MR) is 119 cm³/mol. The highest BCUT2D eigenvalue weighted by molar-refractivity contribution is 9.10. The summed E-state index contributed by atoms with van der Waals surface area (Å²) in [5.41, 5.74) is 3.06. The standard InChI is InChI=1S/C21H14BrCl2N3O/c1-28-18-8-5-14(22)10-13(18)12-25-21-20(16-7-6-15(23)11-17(16)24)26-19-4-2-3-9-27(19)21/h2-12H,1H3/b25-12+. The van der Waals surface area contributed by atoms with Crippen molar-refractivity contribution in [1.29, 1.82) is 0 Å². The van der Waals surface area contributed by atoms with E-state index in [0.29, 0.717) is 21.6 Å². The Morgan fingerprint density at radius 1 is 1.11 bits per heavy atom. The van der Waals surface area contributed by atoms with Crippen LogP contribution in [0.15, 0.2) is 70.3 Å². The average molecular weight is 475 g/mol. The molecule has 7 heteroatoms. The molecule has 4 aromatic rings. The van der Waals surface area contributed by atoms with Crippen molar-refractivity contribution in [2.75, 3.05) is 7.11 Å². The van der Waals surface area contributed by atoms with Gasteiger partial charge in [-0.15, -0.1) is 0 Å². The van der Waals surface area contributed by atoms with E-state index in [1.54, 1.807) is 25.5 Å². The van der Waals surface area contributed by atoms with Gasteiger partial charge in [-0.25, -0.2) is 9.98 Å². The van der Waals surface area contributed by atoms with Gasteiger partial charge in [-0.05, 0) is 48.5 Å². The first-order valence-electron chi connectivity index (χ1n) is 8.37. The first kappa shape index (κ1) is 19.0. The van der Waals surface area contributed by atoms with Crippen molar-refractivity contribution in [3.63, 3.8) is 0 Å². The molecule has 4 rings (SSSR count). The molecule has 0 N–H and O–H groups in total. The van der Waals surface area contributed by atoms with Crippen molar-refractivity contribution in [3.05, 3.63) is 80.9 Å². The molecule has 0 bridgehead atoms. The number of hydrogen-bond acceptors (Lipinski definition) is 3. The number of benzene rings is 2. The molecule has 0 saturated carbocycles. The maximum atomic E-state index is 6.44. The van der Waals surface area contributed by atoms with Crippen LogP contribution in [0.4, 0.5) is 5.82 Å². The summed E-state index contributed by atoms with van der Waals surface area (Å²) in [6, 6.07) is 16.9. The summed E-state index contributed by atoms with van der Waals surface area (Å²) in [6.45, 7) is 0. The van der Waals surface area contributed by atoms with Gasteiger partial charge in [0, 0.05) is 33.0 Å². The van der Waals surface area contributed by atoms with Gasteiger partial charge in [0.1, 0.15) is 17.1 Å². The number of aromatic nitrogens is 2. The second-order valence-corrected chi connectivity index (χ2v) is 7.74. The molecule has 0 aliphatic rings. The normalized spacial score (nSPS) is 11.4. The number of pyridine rings is 1. The second kappa shape index (κ2) is 7.95. The SMILES string of the molecule is COc1ccc(Br)cc1/C=N/c1c(-c2ccc(Cl)cc2Cl)nc2ccccn12. The largest absolute Gasteiger partial charge is 0.496 e. The van der Waals surface area contributed by atoms with E-state index in [1.807, 2.05) is 53.1 Å². The Kier molecular flexibility index (Phi) is 5.40. The van der Waals surface area contributed by atoms with Gasteiger partial charge in [-0.3, -0.25) is 4.40 Å². The monoisotopic (exact) mass is 473 g/mol. The van der Waals surface area contributed by atoms with E-state index >= 15 is 0 Å². The Morgan fingerprint density at radius 3 is 2.75 bits per heavy atom. The first-order valence-corrected chi connectivity index (χ1v) is 9.92. The third kappa shape index (κ3) is 3.65. The molecule has 2 aromatic carbocycles. The molecule has 0 amide bonds. The van der Waals surface area contributed by atoms with Gasteiger partial charge >= 0.3 is 0 Å². The molecular weight excluding hydrogens is 461 g/mol. The smallest absolute Gasteiger partial charge is 0.165 e. The predicted octanol–water partition coefficient (Wildman–Crippen LogP) is 6.83. The Labute approximate surface area is 180 Å². The number of ether oxygens (including phenoxy) is 1. The molecule has 0 atom stereocenters. The van der Waals surface area contributed by atoms with E-state index in [4.69, 9.17) is 37.9 Å². The number of hydrogen-bond donors (Lipinski definition) is 0. The van der Waals surface area contributed by atoms with Crippen LogP contribution in [0.25, 0.3) is 16.9 Å². The fourth-order valence-electron chi connectivity index (χ4n) is 2.91. The third-order valence-corrected chi connectivity index (χ3v) is 5.25. The van der Waals surface area contributed by atoms with E-state index in [0.717, 1.165) is 27.0 Å². The molecule has 0 fully saturated rings. The van der Waals surface area contributed by atoms with Crippen molar-refractivity contribution < 1.29 is 4.74 Å². The molecule has 0 unspecified atom stereocenters. The van der Waals surface area contributed by atoms with Crippen LogP contribution in [0.5, 0.6) is 5.75 Å². The van der Waals surface area contributed by atoms with Crippen molar-refractivity contribution in [2.45, 2.75) is 0 Å². The van der Waals surface area contributed by atoms with Crippen molar-refractivity contribution >= 4 is 56.8 Å². The summed E-state index contributed by atoms with van der Waals surface area (Å²) in [4.78, 5) is 9.46.